The van der Waals surface area contributed by atoms with Crippen LogP contribution in [0.2, 0.25) is 0 Å². The zero-order valence-corrected chi connectivity index (χ0v) is 16.0. The van der Waals surface area contributed by atoms with Crippen LogP contribution in [0, 0.1) is 0 Å². The van der Waals surface area contributed by atoms with Crippen LogP contribution >= 0.6 is 0 Å². The number of hydrogen-bond donors (Lipinski definition) is 0. The zero-order valence-electron chi connectivity index (χ0n) is 16.0. The average molecular weight is 374 g/mol. The summed E-state index contributed by atoms with van der Waals surface area (Å²) in [7, 11) is 0. The Hall–Kier alpha value is -3.20. The van der Waals surface area contributed by atoms with Crippen molar-refractivity contribution in [1.82, 2.24) is 0 Å². The molecule has 0 spiro atoms. The van der Waals surface area contributed by atoms with Crippen molar-refractivity contribution in [2.24, 2.45) is 0 Å². The lowest BCUT2D eigenvalue weighted by Gasteiger charge is -2.05. The molecule has 0 saturated heterocycles. The van der Waals surface area contributed by atoms with Crippen molar-refractivity contribution in [1.29, 1.82) is 0 Å². The second-order valence-electron chi connectivity index (χ2n) is 6.32. The summed E-state index contributed by atoms with van der Waals surface area (Å²) in [6, 6.07) is 29.7. The van der Waals surface area contributed by atoms with Crippen LogP contribution in [0.1, 0.15) is 29.5 Å². The molecule has 0 N–H and O–H groups in total. The Morgan fingerprint density at radius 3 is 1.64 bits per heavy atom. The van der Waals surface area contributed by atoms with E-state index in [-0.39, 0.29) is 5.97 Å². The van der Waals surface area contributed by atoms with Crippen LogP contribution in [-0.2, 0) is 33.8 Å². The monoisotopic (exact) mass is 374 g/mol. The summed E-state index contributed by atoms with van der Waals surface area (Å²) in [5.74, 6) is -0.150. The second-order valence-corrected chi connectivity index (χ2v) is 6.32. The Labute approximate surface area is 167 Å². The highest BCUT2D eigenvalue weighted by atomic mass is 16.5. The Kier molecular flexibility index (Phi) is 9.83. The van der Waals surface area contributed by atoms with Crippen molar-refractivity contribution < 1.29 is 14.3 Å². The third-order valence-electron chi connectivity index (χ3n) is 4.10. The van der Waals surface area contributed by atoms with Crippen LogP contribution in [0.5, 0.6) is 0 Å². The number of rotatable bonds is 8. The van der Waals surface area contributed by atoms with Crippen LogP contribution in [-0.4, -0.2) is 12.3 Å². The van der Waals surface area contributed by atoms with Crippen LogP contribution in [0.4, 0.5) is 0 Å². The maximum atomic E-state index is 11.6. The predicted molar refractivity (Wildman–Crippen MR) is 112 cm³/mol. The van der Waals surface area contributed by atoms with Crippen molar-refractivity contribution in [3.8, 4) is 0 Å². The molecule has 0 atom stereocenters. The van der Waals surface area contributed by atoms with E-state index < -0.39 is 0 Å². The van der Waals surface area contributed by atoms with Crippen molar-refractivity contribution in [2.45, 2.75) is 32.3 Å². The van der Waals surface area contributed by atoms with Crippen molar-refractivity contribution in [2.75, 3.05) is 0 Å². The standard InChI is InChI=1S/C16H16O2.C9H10O/c17-16(12-11-14-7-3-1-4-8-14)18-13-15-9-5-2-6-10-15;10-8-4-7-9-5-2-1-3-6-9/h1-10H,11-13H2;1-3,5-6,8H,4,7H2. The first-order chi connectivity index (χ1) is 13.8. The number of ether oxygens (including phenoxy) is 1. The van der Waals surface area contributed by atoms with Gasteiger partial charge in [0.25, 0.3) is 0 Å². The topological polar surface area (TPSA) is 43.4 Å². The Morgan fingerprint density at radius 2 is 1.14 bits per heavy atom. The summed E-state index contributed by atoms with van der Waals surface area (Å²) in [5.41, 5.74) is 3.41. The van der Waals surface area contributed by atoms with Gasteiger partial charge in [0.15, 0.2) is 0 Å². The maximum Gasteiger partial charge on any atom is 0.306 e. The van der Waals surface area contributed by atoms with Crippen LogP contribution in [0.25, 0.3) is 0 Å². The number of aldehydes is 1. The van der Waals surface area contributed by atoms with Gasteiger partial charge in [-0.25, -0.2) is 0 Å². The number of benzene rings is 3. The van der Waals surface area contributed by atoms with E-state index in [1.807, 2.05) is 91.0 Å². The molecule has 3 heteroatoms. The highest BCUT2D eigenvalue weighted by molar-refractivity contribution is 5.69. The molecule has 3 aromatic carbocycles. The molecule has 28 heavy (non-hydrogen) atoms. The predicted octanol–water partition coefficient (Wildman–Crippen LogP) is 5.18. The molecule has 0 aliphatic rings. The van der Waals surface area contributed by atoms with Gasteiger partial charge >= 0.3 is 5.97 Å². The average Bonchev–Trinajstić information content (AvgIpc) is 2.77. The molecule has 0 aliphatic carbocycles. The molecule has 0 aromatic heterocycles. The van der Waals surface area contributed by atoms with Gasteiger partial charge in [-0.15, -0.1) is 0 Å². The van der Waals surface area contributed by atoms with Crippen molar-refractivity contribution >= 4 is 12.3 Å². The van der Waals surface area contributed by atoms with Gasteiger partial charge in [-0.3, -0.25) is 4.79 Å². The third-order valence-corrected chi connectivity index (χ3v) is 4.10. The molecule has 3 aromatic rings. The van der Waals surface area contributed by atoms with Crippen molar-refractivity contribution in [3.63, 3.8) is 0 Å². The second kappa shape index (κ2) is 13.0. The van der Waals surface area contributed by atoms with Gasteiger partial charge in [-0.05, 0) is 29.5 Å². The quantitative estimate of drug-likeness (QED) is 0.403. The van der Waals surface area contributed by atoms with Gasteiger partial charge in [0.05, 0.1) is 0 Å². The number of hydrogen-bond acceptors (Lipinski definition) is 3. The molecule has 0 saturated carbocycles. The number of carbonyl (C=O) groups is 2. The van der Waals surface area contributed by atoms with Gasteiger partial charge in [0.1, 0.15) is 12.9 Å². The molecule has 0 heterocycles. The molecular formula is C25H26O3. The number of esters is 1. The highest BCUT2D eigenvalue weighted by Crippen LogP contribution is 2.05. The first-order valence-corrected chi connectivity index (χ1v) is 9.49. The van der Waals surface area contributed by atoms with E-state index in [2.05, 4.69) is 0 Å². The lowest BCUT2D eigenvalue weighted by atomic mass is 10.1. The Bertz CT molecular complexity index is 753. The van der Waals surface area contributed by atoms with E-state index in [4.69, 9.17) is 4.74 Å². The summed E-state index contributed by atoms with van der Waals surface area (Å²) in [4.78, 5) is 21.5. The number of carbonyl (C=O) groups excluding carboxylic acids is 2. The molecule has 0 amide bonds. The fraction of sp³-hybridized carbons (Fsp3) is 0.200. The minimum absolute atomic E-state index is 0.150. The van der Waals surface area contributed by atoms with Gasteiger partial charge in [0.2, 0.25) is 0 Å². The molecule has 3 nitrogen and oxygen atoms in total. The normalized spacial score (nSPS) is 9.71. The maximum absolute atomic E-state index is 11.6. The molecule has 0 fully saturated rings. The van der Waals surface area contributed by atoms with E-state index in [1.165, 1.54) is 5.56 Å². The SMILES string of the molecule is O=C(CCc1ccccc1)OCc1ccccc1.O=CCCc1ccccc1. The summed E-state index contributed by atoms with van der Waals surface area (Å²) >= 11 is 0. The molecular weight excluding hydrogens is 348 g/mol. The summed E-state index contributed by atoms with van der Waals surface area (Å²) in [6.07, 6.45) is 3.60. The Balaban J connectivity index is 0.000000237. The van der Waals surface area contributed by atoms with Gasteiger partial charge in [0, 0.05) is 12.8 Å². The van der Waals surface area contributed by atoms with Gasteiger partial charge in [-0.2, -0.15) is 0 Å². The van der Waals surface area contributed by atoms with Crippen LogP contribution < -0.4 is 0 Å². The summed E-state index contributed by atoms with van der Waals surface area (Å²) in [6.45, 7) is 0.356. The third kappa shape index (κ3) is 8.95. The highest BCUT2D eigenvalue weighted by Gasteiger charge is 2.03. The summed E-state index contributed by atoms with van der Waals surface area (Å²) in [5, 5.41) is 0. The zero-order chi connectivity index (χ0) is 19.9. The van der Waals surface area contributed by atoms with E-state index in [0.29, 0.717) is 19.4 Å². The van der Waals surface area contributed by atoms with Gasteiger partial charge < -0.3 is 9.53 Å². The fourth-order valence-electron chi connectivity index (χ4n) is 2.57. The van der Waals surface area contributed by atoms with E-state index in [0.717, 1.165) is 30.3 Å². The minimum Gasteiger partial charge on any atom is -0.461 e. The molecule has 3 rings (SSSR count). The van der Waals surface area contributed by atoms with Crippen LogP contribution in [0.3, 0.4) is 0 Å². The van der Waals surface area contributed by atoms with Gasteiger partial charge in [-0.1, -0.05) is 91.0 Å². The molecule has 0 unspecified atom stereocenters. The largest absolute Gasteiger partial charge is 0.461 e. The van der Waals surface area contributed by atoms with E-state index >= 15 is 0 Å². The lowest BCUT2D eigenvalue weighted by Crippen LogP contribution is -2.05. The Morgan fingerprint density at radius 1 is 0.679 bits per heavy atom. The van der Waals surface area contributed by atoms with Crippen molar-refractivity contribution in [3.05, 3.63) is 108 Å². The smallest absolute Gasteiger partial charge is 0.306 e. The molecule has 0 bridgehead atoms. The molecule has 0 aliphatic heterocycles. The molecule has 0 radical (unpaired) electrons. The fourth-order valence-corrected chi connectivity index (χ4v) is 2.57. The lowest BCUT2D eigenvalue weighted by molar-refractivity contribution is -0.144. The number of aryl methyl sites for hydroxylation is 2. The van der Waals surface area contributed by atoms with E-state index in [1.54, 1.807) is 0 Å². The molecule has 144 valence electrons. The first kappa shape index (κ1) is 21.1. The minimum atomic E-state index is -0.150. The van der Waals surface area contributed by atoms with Crippen LogP contribution in [0.15, 0.2) is 91.0 Å². The first-order valence-electron chi connectivity index (χ1n) is 9.49. The summed E-state index contributed by atoms with van der Waals surface area (Å²) < 4.78 is 5.21. The van der Waals surface area contributed by atoms with E-state index in [9.17, 15) is 9.59 Å².